The van der Waals surface area contributed by atoms with E-state index in [1.165, 1.54) is 43.3 Å². The topological polar surface area (TPSA) is 171 Å². The molecule has 1 atom stereocenters. The van der Waals surface area contributed by atoms with Gasteiger partial charge in [0.15, 0.2) is 0 Å². The number of carboxylic acid groups (broad SMARTS) is 1. The van der Waals surface area contributed by atoms with E-state index in [1.807, 2.05) is 0 Å². The van der Waals surface area contributed by atoms with Crippen LogP contribution in [0.1, 0.15) is 48.4 Å². The molecule has 11 heteroatoms. The van der Waals surface area contributed by atoms with E-state index in [4.69, 9.17) is 14.9 Å². The Morgan fingerprint density at radius 3 is 1.62 bits per heavy atom. The second-order valence-electron chi connectivity index (χ2n) is 6.66. The highest BCUT2D eigenvalue weighted by Gasteiger charge is 2.17. The highest BCUT2D eigenvalue weighted by atomic mass is 16.6. The maximum absolute atomic E-state index is 12.1. The van der Waals surface area contributed by atoms with Crippen LogP contribution in [0.4, 0.5) is 0 Å². The van der Waals surface area contributed by atoms with Crippen LogP contribution in [0, 0.1) is 0 Å². The molecule has 11 nitrogen and oxygen atoms in total. The summed E-state index contributed by atoms with van der Waals surface area (Å²) >= 11 is 0. The number of benzene rings is 2. The monoisotopic (exact) mass is 470 g/mol. The summed E-state index contributed by atoms with van der Waals surface area (Å²) in [6.45, 7) is 1.17. The molecule has 0 spiro atoms. The third-order valence-corrected chi connectivity index (χ3v) is 3.88. The molecule has 0 heterocycles. The summed E-state index contributed by atoms with van der Waals surface area (Å²) in [6, 6.07) is 9.83. The normalized spacial score (nSPS) is 11.4. The quantitative estimate of drug-likeness (QED) is 0.248. The molecule has 0 aliphatic heterocycles. The maximum Gasteiger partial charge on any atom is 0.346 e. The number of aliphatic hydroxyl groups is 1. The van der Waals surface area contributed by atoms with Crippen molar-refractivity contribution in [1.82, 2.24) is 0 Å². The summed E-state index contributed by atoms with van der Waals surface area (Å²) in [5.41, 5.74) is -0.581. The van der Waals surface area contributed by atoms with E-state index in [0.29, 0.717) is 12.2 Å². The second kappa shape index (κ2) is 11.8. The summed E-state index contributed by atoms with van der Waals surface area (Å²) in [5.74, 6) is -6.89. The largest absolute Gasteiger partial charge is 0.478 e. The number of rotatable bonds is 8. The third-order valence-electron chi connectivity index (χ3n) is 3.88. The van der Waals surface area contributed by atoms with Crippen molar-refractivity contribution in [2.45, 2.75) is 13.0 Å². The van der Waals surface area contributed by atoms with Crippen LogP contribution in [0.25, 0.3) is 0 Å². The van der Waals surface area contributed by atoms with Crippen LogP contribution in [0.5, 0.6) is 0 Å². The van der Waals surface area contributed by atoms with Gasteiger partial charge in [0.2, 0.25) is 0 Å². The summed E-state index contributed by atoms with van der Waals surface area (Å²) in [4.78, 5) is 70.4. The molecule has 176 valence electrons. The molecule has 0 amide bonds. The Kier molecular flexibility index (Phi) is 8.91. The zero-order chi connectivity index (χ0) is 25.3. The Morgan fingerprint density at radius 1 is 0.765 bits per heavy atom. The minimum absolute atomic E-state index is 0.0212. The Morgan fingerprint density at radius 2 is 1.18 bits per heavy atom. The summed E-state index contributed by atoms with van der Waals surface area (Å²) in [6.07, 6.45) is 0.207. The van der Waals surface area contributed by atoms with Crippen molar-refractivity contribution in [3.63, 3.8) is 0 Å². The van der Waals surface area contributed by atoms with Crippen molar-refractivity contribution in [3.05, 3.63) is 82.9 Å². The van der Waals surface area contributed by atoms with E-state index in [-0.39, 0.29) is 28.9 Å². The number of aromatic carboxylic acids is 1. The SMILES string of the molecule is CC(O)COC(=O)c1cccc(C(=O)OC(=O)/C=C\C(=O)OC(=O)c2cccc(C(=O)O)c2)c1. The van der Waals surface area contributed by atoms with E-state index in [9.17, 15) is 28.8 Å². The molecular formula is C23H18O11. The number of ether oxygens (including phenoxy) is 3. The minimum Gasteiger partial charge on any atom is -0.478 e. The molecule has 2 aromatic carbocycles. The molecular weight excluding hydrogens is 452 g/mol. The smallest absolute Gasteiger partial charge is 0.346 e. The fourth-order valence-electron chi connectivity index (χ4n) is 2.34. The van der Waals surface area contributed by atoms with Crippen molar-refractivity contribution >= 4 is 35.8 Å². The van der Waals surface area contributed by atoms with Crippen LogP contribution in [-0.4, -0.2) is 58.7 Å². The van der Waals surface area contributed by atoms with E-state index in [0.717, 1.165) is 12.1 Å². The van der Waals surface area contributed by atoms with Gasteiger partial charge in [0, 0.05) is 12.2 Å². The fraction of sp³-hybridized carbons (Fsp3) is 0.130. The van der Waals surface area contributed by atoms with Gasteiger partial charge in [-0.05, 0) is 43.3 Å². The number of hydrogen-bond donors (Lipinski definition) is 2. The molecule has 1 unspecified atom stereocenters. The lowest BCUT2D eigenvalue weighted by Gasteiger charge is -2.07. The van der Waals surface area contributed by atoms with Gasteiger partial charge >= 0.3 is 35.8 Å². The number of esters is 5. The Bertz CT molecular complexity index is 1160. The van der Waals surface area contributed by atoms with Gasteiger partial charge < -0.3 is 24.4 Å². The average molecular weight is 470 g/mol. The zero-order valence-corrected chi connectivity index (χ0v) is 17.6. The van der Waals surface area contributed by atoms with Gasteiger partial charge in [0.05, 0.1) is 28.4 Å². The predicted molar refractivity (Wildman–Crippen MR) is 112 cm³/mol. The molecule has 0 saturated carbocycles. The first-order chi connectivity index (χ1) is 16.1. The number of aliphatic hydroxyl groups excluding tert-OH is 1. The van der Waals surface area contributed by atoms with Gasteiger partial charge in [-0.2, -0.15) is 0 Å². The van der Waals surface area contributed by atoms with Crippen LogP contribution >= 0.6 is 0 Å². The lowest BCUT2D eigenvalue weighted by atomic mass is 10.1. The zero-order valence-electron chi connectivity index (χ0n) is 17.6. The van der Waals surface area contributed by atoms with Gasteiger partial charge in [-0.3, -0.25) is 0 Å². The number of carbonyl (C=O) groups excluding carboxylic acids is 5. The molecule has 0 aromatic heterocycles. The lowest BCUT2D eigenvalue weighted by molar-refractivity contribution is -0.135. The number of hydrogen-bond acceptors (Lipinski definition) is 10. The van der Waals surface area contributed by atoms with Gasteiger partial charge in [-0.1, -0.05) is 12.1 Å². The molecule has 0 saturated heterocycles. The maximum atomic E-state index is 12.1. The molecule has 0 aliphatic rings. The van der Waals surface area contributed by atoms with Crippen LogP contribution in [0.15, 0.2) is 60.7 Å². The summed E-state index contributed by atoms with van der Waals surface area (Å²) in [7, 11) is 0. The Balaban J connectivity index is 1.93. The third kappa shape index (κ3) is 7.80. The van der Waals surface area contributed by atoms with Gasteiger partial charge in [-0.25, -0.2) is 28.8 Å². The lowest BCUT2D eigenvalue weighted by Crippen LogP contribution is -2.16. The van der Waals surface area contributed by atoms with Crippen molar-refractivity contribution in [3.8, 4) is 0 Å². The summed E-state index contributed by atoms with van der Waals surface area (Å²) < 4.78 is 13.8. The fourth-order valence-corrected chi connectivity index (χ4v) is 2.34. The first kappa shape index (κ1) is 25.6. The highest BCUT2D eigenvalue weighted by Crippen LogP contribution is 2.10. The van der Waals surface area contributed by atoms with E-state index < -0.39 is 41.9 Å². The van der Waals surface area contributed by atoms with E-state index >= 15 is 0 Å². The van der Waals surface area contributed by atoms with Gasteiger partial charge in [0.1, 0.15) is 6.61 Å². The minimum atomic E-state index is -1.28. The standard InChI is InChI=1S/C23H18O11/c1-13(24)12-32-21(29)15-5-3-7-17(11-15)23(31)34-19(26)9-8-18(25)33-22(30)16-6-2-4-14(10-16)20(27)28/h2-11,13,24H,12H2,1H3,(H,27,28)/b9-8-. The first-order valence-electron chi connectivity index (χ1n) is 9.55. The Labute approximate surface area is 192 Å². The van der Waals surface area contributed by atoms with Crippen LogP contribution in [0.2, 0.25) is 0 Å². The first-order valence-corrected chi connectivity index (χ1v) is 9.55. The Hall–Kier alpha value is -4.64. The summed E-state index contributed by atoms with van der Waals surface area (Å²) in [5, 5.41) is 18.1. The van der Waals surface area contributed by atoms with Crippen LogP contribution in [0.3, 0.4) is 0 Å². The molecule has 0 fully saturated rings. The van der Waals surface area contributed by atoms with E-state index in [2.05, 4.69) is 9.47 Å². The van der Waals surface area contributed by atoms with E-state index in [1.54, 1.807) is 0 Å². The molecule has 34 heavy (non-hydrogen) atoms. The van der Waals surface area contributed by atoms with Crippen molar-refractivity contribution < 1.29 is 53.2 Å². The molecule has 0 radical (unpaired) electrons. The number of carboxylic acids is 1. The van der Waals surface area contributed by atoms with Gasteiger partial charge in [-0.15, -0.1) is 0 Å². The van der Waals surface area contributed by atoms with Gasteiger partial charge in [0.25, 0.3) is 0 Å². The number of carbonyl (C=O) groups is 6. The predicted octanol–water partition coefficient (Wildman–Crippen LogP) is 1.55. The molecule has 2 rings (SSSR count). The van der Waals surface area contributed by atoms with Crippen molar-refractivity contribution in [2.24, 2.45) is 0 Å². The second-order valence-corrected chi connectivity index (χ2v) is 6.66. The van der Waals surface area contributed by atoms with Crippen molar-refractivity contribution in [2.75, 3.05) is 6.61 Å². The van der Waals surface area contributed by atoms with Crippen LogP contribution < -0.4 is 0 Å². The average Bonchev–Trinajstić information content (AvgIpc) is 2.81. The van der Waals surface area contributed by atoms with Crippen molar-refractivity contribution in [1.29, 1.82) is 0 Å². The highest BCUT2D eigenvalue weighted by molar-refractivity contribution is 6.05. The molecule has 2 N–H and O–H groups in total. The molecule has 0 aliphatic carbocycles. The molecule has 0 bridgehead atoms. The molecule has 2 aromatic rings. The van der Waals surface area contributed by atoms with Crippen LogP contribution in [-0.2, 0) is 23.8 Å².